The Morgan fingerprint density at radius 1 is 1.36 bits per heavy atom. The largest absolute Gasteiger partial charge is 0.492 e. The SMILES string of the molecule is CCOc1ccc(C(=O)C(CC)NCc2ccco2)cc1N. The number of hydrogen-bond donors (Lipinski definition) is 2. The molecule has 1 unspecified atom stereocenters. The number of carbonyl (C=O) groups is 1. The maximum atomic E-state index is 12.6. The smallest absolute Gasteiger partial charge is 0.179 e. The van der Waals surface area contributed by atoms with Crippen molar-refractivity contribution in [2.24, 2.45) is 0 Å². The Labute approximate surface area is 130 Å². The van der Waals surface area contributed by atoms with Crippen molar-refractivity contribution in [2.45, 2.75) is 32.9 Å². The predicted octanol–water partition coefficient (Wildman–Crippen LogP) is 3.01. The van der Waals surface area contributed by atoms with E-state index in [0.29, 0.717) is 36.6 Å². The van der Waals surface area contributed by atoms with Crippen LogP contribution in [0.15, 0.2) is 41.0 Å². The molecule has 1 aromatic heterocycles. The van der Waals surface area contributed by atoms with Crippen molar-refractivity contribution in [3.8, 4) is 5.75 Å². The van der Waals surface area contributed by atoms with E-state index in [1.807, 2.05) is 26.0 Å². The van der Waals surface area contributed by atoms with E-state index in [2.05, 4.69) is 5.32 Å². The number of nitrogens with one attached hydrogen (secondary N) is 1. The summed E-state index contributed by atoms with van der Waals surface area (Å²) < 4.78 is 10.7. The second-order valence-electron chi connectivity index (χ2n) is 4.97. The summed E-state index contributed by atoms with van der Waals surface area (Å²) in [5.74, 6) is 1.43. The molecule has 5 heteroatoms. The number of benzene rings is 1. The lowest BCUT2D eigenvalue weighted by atomic mass is 10.0. The highest BCUT2D eigenvalue weighted by Crippen LogP contribution is 2.23. The quantitative estimate of drug-likeness (QED) is 0.579. The maximum Gasteiger partial charge on any atom is 0.179 e. The van der Waals surface area contributed by atoms with E-state index in [1.165, 1.54) is 0 Å². The van der Waals surface area contributed by atoms with Gasteiger partial charge in [-0.25, -0.2) is 0 Å². The molecule has 0 radical (unpaired) electrons. The lowest BCUT2D eigenvalue weighted by molar-refractivity contribution is 0.0938. The van der Waals surface area contributed by atoms with Gasteiger partial charge in [0, 0.05) is 5.56 Å². The van der Waals surface area contributed by atoms with Gasteiger partial charge in [0.05, 0.1) is 31.1 Å². The van der Waals surface area contributed by atoms with Crippen LogP contribution < -0.4 is 15.8 Å². The molecule has 0 spiro atoms. The number of nitrogens with two attached hydrogens (primary N) is 1. The van der Waals surface area contributed by atoms with Crippen molar-refractivity contribution in [3.05, 3.63) is 47.9 Å². The Hall–Kier alpha value is -2.27. The van der Waals surface area contributed by atoms with Crippen LogP contribution in [0.2, 0.25) is 0 Å². The van der Waals surface area contributed by atoms with Crippen molar-refractivity contribution in [3.63, 3.8) is 0 Å². The summed E-state index contributed by atoms with van der Waals surface area (Å²) in [4.78, 5) is 12.6. The molecule has 2 rings (SSSR count). The first-order valence-corrected chi connectivity index (χ1v) is 7.48. The van der Waals surface area contributed by atoms with Gasteiger partial charge in [-0.15, -0.1) is 0 Å². The minimum atomic E-state index is -0.276. The molecule has 5 nitrogen and oxygen atoms in total. The Balaban J connectivity index is 2.05. The Morgan fingerprint density at radius 2 is 2.18 bits per heavy atom. The van der Waals surface area contributed by atoms with Crippen molar-refractivity contribution < 1.29 is 13.9 Å². The third-order valence-electron chi connectivity index (χ3n) is 3.42. The molecule has 0 aliphatic carbocycles. The van der Waals surface area contributed by atoms with Gasteiger partial charge in [-0.1, -0.05) is 6.92 Å². The van der Waals surface area contributed by atoms with Crippen molar-refractivity contribution >= 4 is 11.5 Å². The van der Waals surface area contributed by atoms with E-state index in [9.17, 15) is 4.79 Å². The molecule has 0 saturated carbocycles. The number of Topliss-reactive ketones (excluding diaryl/α,β-unsaturated/α-hetero) is 1. The fraction of sp³-hybridized carbons (Fsp3) is 0.353. The van der Waals surface area contributed by atoms with Gasteiger partial charge in [0.15, 0.2) is 5.78 Å². The van der Waals surface area contributed by atoms with Crippen LogP contribution in [0.25, 0.3) is 0 Å². The minimum Gasteiger partial charge on any atom is -0.492 e. The third-order valence-corrected chi connectivity index (χ3v) is 3.42. The number of anilines is 1. The van der Waals surface area contributed by atoms with Crippen LogP contribution >= 0.6 is 0 Å². The van der Waals surface area contributed by atoms with Crippen molar-refractivity contribution in [2.75, 3.05) is 12.3 Å². The molecular formula is C17H22N2O3. The summed E-state index contributed by atoms with van der Waals surface area (Å²) in [6.45, 7) is 4.92. The van der Waals surface area contributed by atoms with E-state index in [0.717, 1.165) is 5.76 Å². The molecule has 1 aromatic carbocycles. The number of nitrogen functional groups attached to an aromatic ring is 1. The van der Waals surface area contributed by atoms with E-state index in [1.54, 1.807) is 24.5 Å². The van der Waals surface area contributed by atoms with Crippen LogP contribution in [-0.4, -0.2) is 18.4 Å². The van der Waals surface area contributed by atoms with Gasteiger partial charge in [-0.3, -0.25) is 4.79 Å². The first-order valence-electron chi connectivity index (χ1n) is 7.48. The van der Waals surface area contributed by atoms with E-state index >= 15 is 0 Å². The summed E-state index contributed by atoms with van der Waals surface area (Å²) in [5.41, 5.74) is 6.99. The molecule has 118 valence electrons. The van der Waals surface area contributed by atoms with Gasteiger partial charge >= 0.3 is 0 Å². The number of ether oxygens (including phenoxy) is 1. The summed E-state index contributed by atoms with van der Waals surface area (Å²) >= 11 is 0. The lowest BCUT2D eigenvalue weighted by Gasteiger charge is -2.16. The molecule has 1 atom stereocenters. The number of carbonyl (C=O) groups excluding carboxylic acids is 1. The molecule has 0 aliphatic rings. The molecular weight excluding hydrogens is 280 g/mol. The lowest BCUT2D eigenvalue weighted by Crippen LogP contribution is -2.35. The average molecular weight is 302 g/mol. The van der Waals surface area contributed by atoms with Crippen LogP contribution in [0.3, 0.4) is 0 Å². The van der Waals surface area contributed by atoms with Gasteiger partial charge in [0.25, 0.3) is 0 Å². The number of furan rings is 1. The zero-order valence-corrected chi connectivity index (χ0v) is 13.0. The standard InChI is InChI=1S/C17H22N2O3/c1-3-15(19-11-13-6-5-9-22-13)17(20)12-7-8-16(21-4-2)14(18)10-12/h5-10,15,19H,3-4,11,18H2,1-2H3. The highest BCUT2D eigenvalue weighted by Gasteiger charge is 2.19. The Bertz CT molecular complexity index is 608. The van der Waals surface area contributed by atoms with Gasteiger partial charge in [0.1, 0.15) is 11.5 Å². The van der Waals surface area contributed by atoms with E-state index in [-0.39, 0.29) is 11.8 Å². The zero-order chi connectivity index (χ0) is 15.9. The third kappa shape index (κ3) is 3.89. The van der Waals surface area contributed by atoms with Gasteiger partial charge in [-0.05, 0) is 43.7 Å². The summed E-state index contributed by atoms with van der Waals surface area (Å²) in [6.07, 6.45) is 2.31. The van der Waals surface area contributed by atoms with Crippen molar-refractivity contribution in [1.82, 2.24) is 5.32 Å². The fourth-order valence-corrected chi connectivity index (χ4v) is 2.25. The van der Waals surface area contributed by atoms with Gasteiger partial charge < -0.3 is 20.2 Å². The maximum absolute atomic E-state index is 12.6. The zero-order valence-electron chi connectivity index (χ0n) is 13.0. The Morgan fingerprint density at radius 3 is 2.77 bits per heavy atom. The first kappa shape index (κ1) is 16.1. The summed E-state index contributed by atoms with van der Waals surface area (Å²) in [6, 6.07) is 8.59. The van der Waals surface area contributed by atoms with Gasteiger partial charge in [-0.2, -0.15) is 0 Å². The normalized spacial score (nSPS) is 12.1. The molecule has 0 saturated heterocycles. The molecule has 0 bridgehead atoms. The molecule has 0 aliphatic heterocycles. The molecule has 1 heterocycles. The second kappa shape index (κ2) is 7.66. The van der Waals surface area contributed by atoms with Crippen LogP contribution in [0.1, 0.15) is 36.4 Å². The summed E-state index contributed by atoms with van der Waals surface area (Å²) in [5, 5.41) is 3.21. The van der Waals surface area contributed by atoms with Gasteiger partial charge in [0.2, 0.25) is 0 Å². The molecule has 0 amide bonds. The fourth-order valence-electron chi connectivity index (χ4n) is 2.25. The van der Waals surface area contributed by atoms with Crippen LogP contribution in [0.5, 0.6) is 5.75 Å². The molecule has 3 N–H and O–H groups in total. The molecule has 0 fully saturated rings. The van der Waals surface area contributed by atoms with Crippen LogP contribution in [0, 0.1) is 0 Å². The first-order chi connectivity index (χ1) is 10.7. The van der Waals surface area contributed by atoms with E-state index < -0.39 is 0 Å². The highest BCUT2D eigenvalue weighted by atomic mass is 16.5. The summed E-state index contributed by atoms with van der Waals surface area (Å²) in [7, 11) is 0. The minimum absolute atomic E-state index is 0.0174. The predicted molar refractivity (Wildman–Crippen MR) is 86.0 cm³/mol. The molecule has 22 heavy (non-hydrogen) atoms. The Kier molecular flexibility index (Phi) is 5.61. The molecule has 2 aromatic rings. The number of rotatable bonds is 8. The number of ketones is 1. The monoisotopic (exact) mass is 302 g/mol. The average Bonchev–Trinajstić information content (AvgIpc) is 3.03. The number of hydrogen-bond acceptors (Lipinski definition) is 5. The topological polar surface area (TPSA) is 77.5 Å². The van der Waals surface area contributed by atoms with Crippen LogP contribution in [-0.2, 0) is 6.54 Å². The second-order valence-corrected chi connectivity index (χ2v) is 4.97. The van der Waals surface area contributed by atoms with Crippen molar-refractivity contribution in [1.29, 1.82) is 0 Å². The van der Waals surface area contributed by atoms with E-state index in [4.69, 9.17) is 14.9 Å². The highest BCUT2D eigenvalue weighted by molar-refractivity contribution is 6.01. The van der Waals surface area contributed by atoms with Crippen LogP contribution in [0.4, 0.5) is 5.69 Å².